The summed E-state index contributed by atoms with van der Waals surface area (Å²) in [6, 6.07) is 6.26. The van der Waals surface area contributed by atoms with Gasteiger partial charge in [-0.3, -0.25) is 9.48 Å². The lowest BCUT2D eigenvalue weighted by Crippen LogP contribution is -2.30. The van der Waals surface area contributed by atoms with E-state index in [9.17, 15) is 9.18 Å². The van der Waals surface area contributed by atoms with Gasteiger partial charge in [0.2, 0.25) is 0 Å². The maximum Gasteiger partial charge on any atom is 0.270 e. The van der Waals surface area contributed by atoms with Crippen molar-refractivity contribution in [2.24, 2.45) is 7.05 Å². The van der Waals surface area contributed by atoms with Crippen LogP contribution in [0.1, 0.15) is 34.9 Å². The van der Waals surface area contributed by atoms with Crippen LogP contribution in [0.25, 0.3) is 10.9 Å². The Morgan fingerprint density at radius 1 is 1.39 bits per heavy atom. The molecule has 1 aromatic carbocycles. The fraction of sp³-hybridized carbons (Fsp3) is 0.294. The topological polar surface area (TPSA) is 53.9 Å². The van der Waals surface area contributed by atoms with Crippen molar-refractivity contribution in [3.8, 4) is 0 Å². The molecule has 0 saturated carbocycles. The highest BCUT2D eigenvalue weighted by atomic mass is 19.1. The molecular weight excluding hydrogens is 295 g/mol. The summed E-state index contributed by atoms with van der Waals surface area (Å²) in [6.07, 6.45) is 5.68. The number of fused-ring (bicyclic) bond motifs is 1. The highest BCUT2D eigenvalue weighted by molar-refractivity contribution is 5.98. The molecule has 23 heavy (non-hydrogen) atoms. The van der Waals surface area contributed by atoms with Crippen LogP contribution in [0.15, 0.2) is 36.7 Å². The van der Waals surface area contributed by atoms with Gasteiger partial charge in [0.15, 0.2) is 0 Å². The minimum atomic E-state index is -0.301. The molecule has 4 rings (SSSR count). The predicted octanol–water partition coefficient (Wildman–Crippen LogP) is 3.02. The van der Waals surface area contributed by atoms with Crippen LogP contribution in [0.2, 0.25) is 0 Å². The Balaban J connectivity index is 1.66. The third-order valence-electron chi connectivity index (χ3n) is 4.44. The standard InChI is InChI=1S/C17H17FN4O/c1-21-10-12(9-19-21)16-3-2-6-22(16)17(23)15-8-11-7-13(18)4-5-14(11)20-15/h4-5,7-10,16,20H,2-3,6H2,1H3. The van der Waals surface area contributed by atoms with Gasteiger partial charge >= 0.3 is 0 Å². The molecule has 1 atom stereocenters. The quantitative estimate of drug-likeness (QED) is 0.791. The minimum Gasteiger partial charge on any atom is -0.351 e. The van der Waals surface area contributed by atoms with Crippen LogP contribution in [0.4, 0.5) is 4.39 Å². The van der Waals surface area contributed by atoms with Crippen molar-refractivity contribution in [2.45, 2.75) is 18.9 Å². The summed E-state index contributed by atoms with van der Waals surface area (Å²) in [6.45, 7) is 0.724. The zero-order valence-electron chi connectivity index (χ0n) is 12.8. The van der Waals surface area contributed by atoms with E-state index >= 15 is 0 Å². The van der Waals surface area contributed by atoms with E-state index in [2.05, 4.69) is 10.1 Å². The van der Waals surface area contributed by atoms with Crippen LogP contribution >= 0.6 is 0 Å². The summed E-state index contributed by atoms with van der Waals surface area (Å²) < 4.78 is 15.1. The first-order valence-electron chi connectivity index (χ1n) is 7.69. The zero-order valence-corrected chi connectivity index (χ0v) is 12.8. The predicted molar refractivity (Wildman–Crippen MR) is 84.5 cm³/mol. The Kier molecular flexibility index (Phi) is 3.18. The number of aromatic nitrogens is 3. The van der Waals surface area contributed by atoms with Gasteiger partial charge in [0.25, 0.3) is 5.91 Å². The number of H-pyrrole nitrogens is 1. The monoisotopic (exact) mass is 312 g/mol. The Hall–Kier alpha value is -2.63. The van der Waals surface area contributed by atoms with E-state index < -0.39 is 0 Å². The molecule has 0 bridgehead atoms. The van der Waals surface area contributed by atoms with E-state index in [-0.39, 0.29) is 17.8 Å². The summed E-state index contributed by atoms with van der Waals surface area (Å²) in [7, 11) is 1.87. The van der Waals surface area contributed by atoms with Crippen molar-refractivity contribution in [1.82, 2.24) is 19.7 Å². The van der Waals surface area contributed by atoms with Crippen molar-refractivity contribution in [3.05, 3.63) is 53.7 Å². The molecule has 0 spiro atoms. The molecule has 1 N–H and O–H groups in total. The average Bonchev–Trinajstić information content (AvgIpc) is 3.23. The van der Waals surface area contributed by atoms with E-state index in [1.807, 2.05) is 24.3 Å². The van der Waals surface area contributed by atoms with E-state index in [0.717, 1.165) is 30.5 Å². The number of benzene rings is 1. The van der Waals surface area contributed by atoms with Gasteiger partial charge in [-0.15, -0.1) is 0 Å². The molecule has 0 radical (unpaired) electrons. The van der Waals surface area contributed by atoms with Crippen molar-refractivity contribution in [2.75, 3.05) is 6.54 Å². The molecule has 0 aliphatic carbocycles. The third kappa shape index (κ3) is 2.40. The third-order valence-corrected chi connectivity index (χ3v) is 4.44. The fourth-order valence-electron chi connectivity index (χ4n) is 3.34. The molecule has 5 nitrogen and oxygen atoms in total. The number of carbonyl (C=O) groups is 1. The molecule has 3 aromatic rings. The molecule has 1 unspecified atom stereocenters. The normalized spacial score (nSPS) is 18.0. The molecule has 3 heterocycles. The summed E-state index contributed by atoms with van der Waals surface area (Å²) in [5.74, 6) is -0.349. The number of aryl methyl sites for hydroxylation is 1. The first-order chi connectivity index (χ1) is 11.1. The first-order valence-corrected chi connectivity index (χ1v) is 7.69. The summed E-state index contributed by atoms with van der Waals surface area (Å²) in [4.78, 5) is 17.8. The van der Waals surface area contributed by atoms with Crippen LogP contribution in [0.3, 0.4) is 0 Å². The highest BCUT2D eigenvalue weighted by Crippen LogP contribution is 2.33. The first kappa shape index (κ1) is 14.0. The molecule has 1 aliphatic rings. The van der Waals surface area contributed by atoms with Crippen molar-refractivity contribution in [1.29, 1.82) is 0 Å². The number of nitrogens with zero attached hydrogens (tertiary/aromatic N) is 3. The molecule has 1 fully saturated rings. The SMILES string of the molecule is Cn1cc(C2CCCN2C(=O)c2cc3cc(F)ccc3[nH]2)cn1. The molecule has 6 heteroatoms. The maximum atomic E-state index is 13.3. The van der Waals surface area contributed by atoms with Gasteiger partial charge in [0.05, 0.1) is 12.2 Å². The fourth-order valence-corrected chi connectivity index (χ4v) is 3.34. The van der Waals surface area contributed by atoms with Crippen LogP contribution in [-0.4, -0.2) is 32.1 Å². The maximum absolute atomic E-state index is 13.3. The second-order valence-electron chi connectivity index (χ2n) is 6.02. The van der Waals surface area contributed by atoms with E-state index in [1.54, 1.807) is 16.8 Å². The Labute approximate surface area is 132 Å². The summed E-state index contributed by atoms with van der Waals surface area (Å²) in [5.41, 5.74) is 2.33. The number of amides is 1. The Bertz CT molecular complexity index is 882. The molecule has 2 aromatic heterocycles. The van der Waals surface area contributed by atoms with Gasteiger partial charge < -0.3 is 9.88 Å². The zero-order chi connectivity index (χ0) is 16.0. The van der Waals surface area contributed by atoms with Crippen molar-refractivity contribution in [3.63, 3.8) is 0 Å². The number of aromatic amines is 1. The van der Waals surface area contributed by atoms with Crippen LogP contribution < -0.4 is 0 Å². The lowest BCUT2D eigenvalue weighted by molar-refractivity contribution is 0.0730. The van der Waals surface area contributed by atoms with E-state index in [0.29, 0.717) is 11.1 Å². The second kappa shape index (κ2) is 5.22. The highest BCUT2D eigenvalue weighted by Gasteiger charge is 2.32. The molecule has 118 valence electrons. The molecular formula is C17H17FN4O. The van der Waals surface area contributed by atoms with Crippen LogP contribution in [0, 0.1) is 5.82 Å². The average molecular weight is 312 g/mol. The van der Waals surface area contributed by atoms with Gasteiger partial charge in [-0.1, -0.05) is 0 Å². The molecule has 1 aliphatic heterocycles. The second-order valence-corrected chi connectivity index (χ2v) is 6.02. The number of rotatable bonds is 2. The number of nitrogens with one attached hydrogen (secondary N) is 1. The number of carbonyl (C=O) groups excluding carboxylic acids is 1. The molecule has 1 saturated heterocycles. The van der Waals surface area contributed by atoms with Crippen LogP contribution in [0.5, 0.6) is 0 Å². The van der Waals surface area contributed by atoms with Gasteiger partial charge in [0.1, 0.15) is 11.5 Å². The lowest BCUT2D eigenvalue weighted by Gasteiger charge is -2.23. The summed E-state index contributed by atoms with van der Waals surface area (Å²) >= 11 is 0. The Morgan fingerprint density at radius 2 is 2.26 bits per heavy atom. The van der Waals surface area contributed by atoms with Crippen LogP contribution in [-0.2, 0) is 7.05 Å². The van der Waals surface area contributed by atoms with E-state index in [4.69, 9.17) is 0 Å². The number of likely N-dealkylation sites (tertiary alicyclic amines) is 1. The van der Waals surface area contributed by atoms with Crippen molar-refractivity contribution >= 4 is 16.8 Å². The minimum absolute atomic E-state index is 0.0482. The van der Waals surface area contributed by atoms with E-state index in [1.165, 1.54) is 12.1 Å². The molecule has 1 amide bonds. The van der Waals surface area contributed by atoms with Gasteiger partial charge in [-0.2, -0.15) is 5.10 Å². The largest absolute Gasteiger partial charge is 0.351 e. The van der Waals surface area contributed by atoms with Gasteiger partial charge in [-0.25, -0.2) is 4.39 Å². The summed E-state index contributed by atoms with van der Waals surface area (Å²) in [5, 5.41) is 4.91. The number of hydrogen-bond donors (Lipinski definition) is 1. The lowest BCUT2D eigenvalue weighted by atomic mass is 10.1. The van der Waals surface area contributed by atoms with Gasteiger partial charge in [0, 0.05) is 36.3 Å². The number of hydrogen-bond acceptors (Lipinski definition) is 2. The Morgan fingerprint density at radius 3 is 3.04 bits per heavy atom. The smallest absolute Gasteiger partial charge is 0.270 e. The number of halogens is 1. The van der Waals surface area contributed by atoms with Gasteiger partial charge in [-0.05, 0) is 37.1 Å². The van der Waals surface area contributed by atoms with Crippen molar-refractivity contribution < 1.29 is 9.18 Å².